The lowest BCUT2D eigenvalue weighted by molar-refractivity contribution is 0.0865. The van der Waals surface area contributed by atoms with Crippen molar-refractivity contribution in [2.45, 2.75) is 45.3 Å². The summed E-state index contributed by atoms with van der Waals surface area (Å²) >= 11 is 0. The van der Waals surface area contributed by atoms with E-state index in [0.29, 0.717) is 11.8 Å². The van der Waals surface area contributed by atoms with Crippen LogP contribution in [0, 0.1) is 5.82 Å². The lowest BCUT2D eigenvalue weighted by Crippen LogP contribution is -2.61. The Bertz CT molecular complexity index is 466. The Kier molecular flexibility index (Phi) is 4.66. The van der Waals surface area contributed by atoms with Gasteiger partial charge in [0.1, 0.15) is 0 Å². The molecule has 1 saturated heterocycles. The molecule has 1 fully saturated rings. The molecule has 0 saturated carbocycles. The molecule has 3 nitrogen and oxygen atoms in total. The first-order valence-corrected chi connectivity index (χ1v) is 7.29. The van der Waals surface area contributed by atoms with Crippen molar-refractivity contribution in [3.8, 4) is 5.75 Å². The van der Waals surface area contributed by atoms with Crippen LogP contribution in [0.4, 0.5) is 4.39 Å². The molecule has 20 heavy (non-hydrogen) atoms. The van der Waals surface area contributed by atoms with E-state index in [4.69, 9.17) is 4.74 Å². The minimum Gasteiger partial charge on any atom is -0.494 e. The number of nitrogens with one attached hydrogen (secondary N) is 1. The highest BCUT2D eigenvalue weighted by molar-refractivity contribution is 5.29. The summed E-state index contributed by atoms with van der Waals surface area (Å²) in [7, 11) is 1.49. The third kappa shape index (κ3) is 3.30. The Morgan fingerprint density at radius 1 is 1.50 bits per heavy atom. The molecule has 112 valence electrons. The third-order valence-electron chi connectivity index (χ3n) is 4.38. The minimum absolute atomic E-state index is 0.150. The van der Waals surface area contributed by atoms with Crippen molar-refractivity contribution >= 4 is 0 Å². The van der Waals surface area contributed by atoms with Crippen molar-refractivity contribution in [1.82, 2.24) is 10.2 Å². The second-order valence-electron chi connectivity index (χ2n) is 6.02. The number of halogens is 1. The summed E-state index contributed by atoms with van der Waals surface area (Å²) in [6, 6.07) is 5.69. The lowest BCUT2D eigenvalue weighted by atomic mass is 9.93. The van der Waals surface area contributed by atoms with Crippen LogP contribution in [0.3, 0.4) is 0 Å². The van der Waals surface area contributed by atoms with Crippen molar-refractivity contribution in [3.63, 3.8) is 0 Å². The molecule has 2 rings (SSSR count). The molecular formula is C16H25FN2O. The number of piperazine rings is 1. The van der Waals surface area contributed by atoms with Crippen LogP contribution in [0.1, 0.15) is 32.8 Å². The van der Waals surface area contributed by atoms with Gasteiger partial charge in [0.05, 0.1) is 7.11 Å². The van der Waals surface area contributed by atoms with Crippen molar-refractivity contribution in [2.75, 3.05) is 20.2 Å². The predicted octanol–water partition coefficient (Wildman–Crippen LogP) is 2.80. The molecule has 0 aliphatic carbocycles. The van der Waals surface area contributed by atoms with Gasteiger partial charge in [-0.2, -0.15) is 0 Å². The van der Waals surface area contributed by atoms with Crippen LogP contribution in [-0.4, -0.2) is 36.7 Å². The number of hydrogen-bond acceptors (Lipinski definition) is 3. The topological polar surface area (TPSA) is 24.5 Å². The van der Waals surface area contributed by atoms with Gasteiger partial charge in [0.25, 0.3) is 0 Å². The van der Waals surface area contributed by atoms with Gasteiger partial charge in [-0.25, -0.2) is 4.39 Å². The summed E-state index contributed by atoms with van der Waals surface area (Å²) in [5, 5.41) is 3.60. The van der Waals surface area contributed by atoms with Gasteiger partial charge in [0.2, 0.25) is 0 Å². The molecule has 0 aromatic heterocycles. The molecule has 2 unspecified atom stereocenters. The van der Waals surface area contributed by atoms with Crippen LogP contribution in [-0.2, 0) is 6.54 Å². The zero-order chi connectivity index (χ0) is 14.8. The fourth-order valence-electron chi connectivity index (χ4n) is 2.67. The smallest absolute Gasteiger partial charge is 0.165 e. The molecular weight excluding hydrogens is 255 g/mol. The maximum absolute atomic E-state index is 13.8. The van der Waals surface area contributed by atoms with E-state index in [-0.39, 0.29) is 11.4 Å². The van der Waals surface area contributed by atoms with E-state index in [1.165, 1.54) is 7.11 Å². The van der Waals surface area contributed by atoms with Crippen LogP contribution < -0.4 is 10.1 Å². The highest BCUT2D eigenvalue weighted by Crippen LogP contribution is 2.23. The Labute approximate surface area is 121 Å². The number of nitrogens with zero attached hydrogens (tertiary/aromatic N) is 1. The Morgan fingerprint density at radius 3 is 2.85 bits per heavy atom. The van der Waals surface area contributed by atoms with Crippen molar-refractivity contribution in [2.24, 2.45) is 0 Å². The molecule has 1 aliphatic heterocycles. The molecule has 0 radical (unpaired) electrons. The van der Waals surface area contributed by atoms with Gasteiger partial charge in [-0.3, -0.25) is 4.90 Å². The molecule has 1 aliphatic rings. The standard InChI is InChI=1S/C16H25FN2O/c1-5-16(3)11-19(12(2)9-18-16)10-13-6-7-15(20-4)14(17)8-13/h6-8,12,18H,5,9-11H2,1-4H3. The minimum atomic E-state index is -0.286. The average Bonchev–Trinajstić information content (AvgIpc) is 2.43. The second kappa shape index (κ2) is 6.10. The first kappa shape index (κ1) is 15.3. The Hall–Kier alpha value is -1.13. The van der Waals surface area contributed by atoms with Gasteiger partial charge >= 0.3 is 0 Å². The van der Waals surface area contributed by atoms with E-state index in [2.05, 4.69) is 31.0 Å². The highest BCUT2D eigenvalue weighted by atomic mass is 19.1. The number of benzene rings is 1. The summed E-state index contributed by atoms with van der Waals surface area (Å²) in [6.45, 7) is 9.40. The van der Waals surface area contributed by atoms with Gasteiger partial charge in [0, 0.05) is 31.2 Å². The zero-order valence-corrected chi connectivity index (χ0v) is 12.9. The number of methoxy groups -OCH3 is 1. The molecule has 2 atom stereocenters. The van der Waals surface area contributed by atoms with Crippen LogP contribution in [0.15, 0.2) is 18.2 Å². The van der Waals surface area contributed by atoms with Gasteiger partial charge in [-0.15, -0.1) is 0 Å². The number of hydrogen-bond donors (Lipinski definition) is 1. The SMILES string of the molecule is CCC1(C)CN(Cc2ccc(OC)c(F)c2)C(C)CN1. The van der Waals surface area contributed by atoms with Crippen molar-refractivity contribution in [1.29, 1.82) is 0 Å². The first-order chi connectivity index (χ1) is 9.47. The third-order valence-corrected chi connectivity index (χ3v) is 4.38. The van der Waals surface area contributed by atoms with Crippen LogP contribution in [0.25, 0.3) is 0 Å². The summed E-state index contributed by atoms with van der Waals surface area (Å²) in [5.41, 5.74) is 1.15. The largest absolute Gasteiger partial charge is 0.494 e. The molecule has 0 spiro atoms. The van der Waals surface area contributed by atoms with Gasteiger partial charge < -0.3 is 10.1 Å². The monoisotopic (exact) mass is 280 g/mol. The molecule has 0 amide bonds. The maximum atomic E-state index is 13.8. The predicted molar refractivity (Wildman–Crippen MR) is 79.5 cm³/mol. The molecule has 1 N–H and O–H groups in total. The lowest BCUT2D eigenvalue weighted by Gasteiger charge is -2.45. The average molecular weight is 280 g/mol. The highest BCUT2D eigenvalue weighted by Gasteiger charge is 2.32. The fraction of sp³-hybridized carbons (Fsp3) is 0.625. The van der Waals surface area contributed by atoms with E-state index < -0.39 is 0 Å². The second-order valence-corrected chi connectivity index (χ2v) is 6.02. The van der Waals surface area contributed by atoms with Crippen LogP contribution in [0.5, 0.6) is 5.75 Å². The van der Waals surface area contributed by atoms with Crippen molar-refractivity contribution in [3.05, 3.63) is 29.6 Å². The van der Waals surface area contributed by atoms with E-state index in [9.17, 15) is 4.39 Å². The quantitative estimate of drug-likeness (QED) is 0.918. The van der Waals surface area contributed by atoms with Crippen molar-refractivity contribution < 1.29 is 9.13 Å². The first-order valence-electron chi connectivity index (χ1n) is 7.29. The van der Waals surface area contributed by atoms with E-state index in [1.807, 2.05) is 6.07 Å². The van der Waals surface area contributed by atoms with Gasteiger partial charge in [-0.1, -0.05) is 13.0 Å². The van der Waals surface area contributed by atoms with Crippen LogP contribution >= 0.6 is 0 Å². The molecule has 1 aromatic rings. The maximum Gasteiger partial charge on any atom is 0.165 e. The van der Waals surface area contributed by atoms with Gasteiger partial charge in [-0.05, 0) is 38.0 Å². The zero-order valence-electron chi connectivity index (χ0n) is 12.9. The summed E-state index contributed by atoms with van der Waals surface area (Å²) in [4.78, 5) is 2.42. The van der Waals surface area contributed by atoms with E-state index in [1.54, 1.807) is 12.1 Å². The van der Waals surface area contributed by atoms with E-state index in [0.717, 1.165) is 31.6 Å². The molecule has 1 aromatic carbocycles. The Morgan fingerprint density at radius 2 is 2.25 bits per heavy atom. The van der Waals surface area contributed by atoms with E-state index >= 15 is 0 Å². The summed E-state index contributed by atoms with van der Waals surface area (Å²) in [6.07, 6.45) is 1.09. The molecule has 4 heteroatoms. The summed E-state index contributed by atoms with van der Waals surface area (Å²) < 4.78 is 18.7. The number of rotatable bonds is 4. The molecule has 0 bridgehead atoms. The summed E-state index contributed by atoms with van der Waals surface area (Å²) in [5.74, 6) is 0.0200. The normalized spacial score (nSPS) is 27.6. The Balaban J connectivity index is 2.09. The van der Waals surface area contributed by atoms with Crippen LogP contribution in [0.2, 0.25) is 0 Å². The fourth-order valence-corrected chi connectivity index (χ4v) is 2.67. The molecule has 1 heterocycles. The van der Waals surface area contributed by atoms with Gasteiger partial charge in [0.15, 0.2) is 11.6 Å². The number of ether oxygens (including phenoxy) is 1.